The van der Waals surface area contributed by atoms with Crippen molar-refractivity contribution in [2.45, 2.75) is 37.4 Å². The average Bonchev–Trinajstić information content (AvgIpc) is 2.75. The lowest BCUT2D eigenvalue weighted by molar-refractivity contribution is -0.0253. The van der Waals surface area contributed by atoms with E-state index in [1.807, 2.05) is 0 Å². The molecule has 0 amide bonds. The van der Waals surface area contributed by atoms with Crippen molar-refractivity contribution >= 4 is 0 Å². The molecule has 2 rings (SSSR count). The number of aliphatic hydroxyl groups is 1. The smallest absolute Gasteiger partial charge is 0.0793 e. The first-order chi connectivity index (χ1) is 7.22. The van der Waals surface area contributed by atoms with Crippen LogP contribution in [-0.4, -0.2) is 54.5 Å². The topological polar surface area (TPSA) is 58.7 Å². The van der Waals surface area contributed by atoms with E-state index in [0.29, 0.717) is 12.6 Å². The van der Waals surface area contributed by atoms with Gasteiger partial charge in [0.15, 0.2) is 0 Å². The quantitative estimate of drug-likeness (QED) is 0.691. The summed E-state index contributed by atoms with van der Waals surface area (Å²) in [5, 5.41) is 9.98. The summed E-state index contributed by atoms with van der Waals surface area (Å²) in [6.45, 7) is 4.24. The molecule has 2 heterocycles. The summed E-state index contributed by atoms with van der Waals surface area (Å²) >= 11 is 0. The van der Waals surface area contributed by atoms with E-state index >= 15 is 0 Å². The molecule has 2 aliphatic heterocycles. The molecule has 0 radical (unpaired) electrons. The molecule has 0 aliphatic carbocycles. The zero-order chi connectivity index (χ0) is 10.7. The summed E-state index contributed by atoms with van der Waals surface area (Å²) in [6.07, 6.45) is 4.42. The van der Waals surface area contributed by atoms with Gasteiger partial charge in [0.1, 0.15) is 0 Å². The van der Waals surface area contributed by atoms with Gasteiger partial charge in [0.25, 0.3) is 0 Å². The minimum Gasteiger partial charge on any atom is -0.388 e. The molecule has 0 aromatic rings. The Morgan fingerprint density at radius 1 is 1.40 bits per heavy atom. The molecule has 1 unspecified atom stereocenters. The van der Waals surface area contributed by atoms with Crippen molar-refractivity contribution in [1.82, 2.24) is 4.90 Å². The number of nitrogens with two attached hydrogens (primary N) is 1. The van der Waals surface area contributed by atoms with Gasteiger partial charge in [-0.25, -0.2) is 0 Å². The second-order valence-electron chi connectivity index (χ2n) is 4.86. The Bertz CT molecular complexity index is 197. The Morgan fingerprint density at radius 3 is 2.67 bits per heavy atom. The fourth-order valence-corrected chi connectivity index (χ4v) is 2.43. The van der Waals surface area contributed by atoms with Crippen LogP contribution < -0.4 is 5.73 Å². The van der Waals surface area contributed by atoms with E-state index in [9.17, 15) is 5.11 Å². The molecule has 2 saturated heterocycles. The predicted octanol–water partition coefficient (Wildman–Crippen LogP) is -0.0490. The third-order valence-corrected chi connectivity index (χ3v) is 3.65. The normalized spacial score (nSPS) is 32.0. The van der Waals surface area contributed by atoms with Crippen molar-refractivity contribution in [2.24, 2.45) is 5.73 Å². The van der Waals surface area contributed by atoms with E-state index < -0.39 is 5.60 Å². The number of hydrogen-bond donors (Lipinski definition) is 2. The summed E-state index contributed by atoms with van der Waals surface area (Å²) < 4.78 is 5.61. The Balaban J connectivity index is 1.73. The van der Waals surface area contributed by atoms with Gasteiger partial charge in [0.05, 0.1) is 11.7 Å². The summed E-state index contributed by atoms with van der Waals surface area (Å²) in [5.41, 5.74) is 4.95. The molecule has 0 aromatic carbocycles. The van der Waals surface area contributed by atoms with Crippen molar-refractivity contribution in [3.05, 3.63) is 0 Å². The highest BCUT2D eigenvalue weighted by molar-refractivity contribution is 4.87. The molecular weight excluding hydrogens is 192 g/mol. The van der Waals surface area contributed by atoms with Crippen LogP contribution in [0.3, 0.4) is 0 Å². The van der Waals surface area contributed by atoms with Gasteiger partial charge in [-0.1, -0.05) is 0 Å². The molecule has 4 heteroatoms. The fourth-order valence-electron chi connectivity index (χ4n) is 2.43. The van der Waals surface area contributed by atoms with Crippen LogP contribution in [0.4, 0.5) is 0 Å². The maximum absolute atomic E-state index is 9.98. The second-order valence-corrected chi connectivity index (χ2v) is 4.86. The first-order valence-corrected chi connectivity index (χ1v) is 5.98. The van der Waals surface area contributed by atoms with Gasteiger partial charge in [0.2, 0.25) is 0 Å². The third kappa shape index (κ3) is 2.91. The van der Waals surface area contributed by atoms with Crippen LogP contribution in [-0.2, 0) is 4.74 Å². The monoisotopic (exact) mass is 214 g/mol. The molecule has 2 aliphatic rings. The highest BCUT2D eigenvalue weighted by Gasteiger charge is 2.31. The van der Waals surface area contributed by atoms with Gasteiger partial charge < -0.3 is 20.5 Å². The van der Waals surface area contributed by atoms with E-state index in [1.54, 1.807) is 0 Å². The number of likely N-dealkylation sites (tertiary alicyclic amines) is 1. The van der Waals surface area contributed by atoms with E-state index in [-0.39, 0.29) is 0 Å². The first-order valence-electron chi connectivity index (χ1n) is 5.98. The largest absolute Gasteiger partial charge is 0.388 e. The molecule has 1 atom stereocenters. The third-order valence-electron chi connectivity index (χ3n) is 3.65. The highest BCUT2D eigenvalue weighted by Crippen LogP contribution is 2.22. The number of nitrogens with zero attached hydrogens (tertiary/aromatic N) is 1. The fraction of sp³-hybridized carbons (Fsp3) is 1.00. The minimum atomic E-state index is -0.604. The second kappa shape index (κ2) is 4.78. The molecule has 88 valence electrons. The highest BCUT2D eigenvalue weighted by atomic mass is 16.5. The Kier molecular flexibility index (Phi) is 3.61. The molecule has 0 spiro atoms. The van der Waals surface area contributed by atoms with Gasteiger partial charge >= 0.3 is 0 Å². The number of rotatable bonds is 3. The maximum Gasteiger partial charge on any atom is 0.0793 e. The van der Waals surface area contributed by atoms with Crippen LogP contribution in [0.2, 0.25) is 0 Å². The van der Waals surface area contributed by atoms with E-state index in [2.05, 4.69) is 4.90 Å². The lowest BCUT2D eigenvalue weighted by Gasteiger charge is -2.38. The number of ether oxygens (including phenoxy) is 1. The van der Waals surface area contributed by atoms with Crippen molar-refractivity contribution in [1.29, 1.82) is 0 Å². The average molecular weight is 214 g/mol. The van der Waals surface area contributed by atoms with Crippen molar-refractivity contribution in [2.75, 3.05) is 32.8 Å². The Hall–Kier alpha value is -0.160. The Morgan fingerprint density at radius 2 is 2.13 bits per heavy atom. The molecule has 0 bridgehead atoms. The van der Waals surface area contributed by atoms with E-state index in [4.69, 9.17) is 10.5 Å². The Labute approximate surface area is 91.4 Å². The first kappa shape index (κ1) is 11.3. The SMILES string of the molecule is NCC1(O)CCN(CC2CCCO2)CC1. The lowest BCUT2D eigenvalue weighted by Crippen LogP contribution is -2.50. The van der Waals surface area contributed by atoms with Gasteiger partial charge in [-0.05, 0) is 25.7 Å². The molecule has 4 nitrogen and oxygen atoms in total. The van der Waals surface area contributed by atoms with Crippen LogP contribution in [0.25, 0.3) is 0 Å². The maximum atomic E-state index is 9.98. The van der Waals surface area contributed by atoms with Crippen LogP contribution in [0.15, 0.2) is 0 Å². The number of hydrogen-bond acceptors (Lipinski definition) is 4. The van der Waals surface area contributed by atoms with Crippen molar-refractivity contribution in [3.63, 3.8) is 0 Å². The molecule has 0 saturated carbocycles. The van der Waals surface area contributed by atoms with Gasteiger partial charge in [-0.15, -0.1) is 0 Å². The van der Waals surface area contributed by atoms with Crippen LogP contribution in [0.1, 0.15) is 25.7 Å². The zero-order valence-corrected chi connectivity index (χ0v) is 9.32. The number of piperidine rings is 1. The van der Waals surface area contributed by atoms with Crippen molar-refractivity contribution < 1.29 is 9.84 Å². The summed E-state index contributed by atoms with van der Waals surface area (Å²) in [5.74, 6) is 0. The van der Waals surface area contributed by atoms with Crippen molar-refractivity contribution in [3.8, 4) is 0 Å². The molecule has 2 fully saturated rings. The standard InChI is InChI=1S/C11H22N2O2/c12-9-11(14)3-5-13(6-4-11)8-10-2-1-7-15-10/h10,14H,1-9,12H2. The van der Waals surface area contributed by atoms with Crippen LogP contribution in [0, 0.1) is 0 Å². The summed E-state index contributed by atoms with van der Waals surface area (Å²) in [7, 11) is 0. The van der Waals surface area contributed by atoms with Crippen LogP contribution >= 0.6 is 0 Å². The van der Waals surface area contributed by atoms with Gasteiger partial charge in [0, 0.05) is 32.8 Å². The molecule has 15 heavy (non-hydrogen) atoms. The molecule has 3 N–H and O–H groups in total. The summed E-state index contributed by atoms with van der Waals surface area (Å²) in [4.78, 5) is 2.39. The van der Waals surface area contributed by atoms with Crippen LogP contribution in [0.5, 0.6) is 0 Å². The molecular formula is C11H22N2O2. The van der Waals surface area contributed by atoms with E-state index in [0.717, 1.165) is 39.1 Å². The zero-order valence-electron chi connectivity index (χ0n) is 9.32. The van der Waals surface area contributed by atoms with Gasteiger partial charge in [-0.3, -0.25) is 0 Å². The minimum absolute atomic E-state index is 0.390. The lowest BCUT2D eigenvalue weighted by atomic mass is 9.91. The van der Waals surface area contributed by atoms with Gasteiger partial charge in [-0.2, -0.15) is 0 Å². The molecule has 0 aromatic heterocycles. The predicted molar refractivity (Wildman–Crippen MR) is 58.7 cm³/mol. The summed E-state index contributed by atoms with van der Waals surface area (Å²) in [6, 6.07) is 0. The van der Waals surface area contributed by atoms with E-state index in [1.165, 1.54) is 12.8 Å².